The van der Waals surface area contributed by atoms with Crippen molar-refractivity contribution < 1.29 is 27.1 Å². The summed E-state index contributed by atoms with van der Waals surface area (Å²) < 4.78 is 60.6. The van der Waals surface area contributed by atoms with Crippen molar-refractivity contribution in [1.29, 1.82) is 0 Å². The van der Waals surface area contributed by atoms with E-state index in [0.717, 1.165) is 0 Å². The van der Waals surface area contributed by atoms with Crippen molar-refractivity contribution in [2.75, 3.05) is 0 Å². The largest absolute Gasteiger partial charge is 0.505 e. The van der Waals surface area contributed by atoms with Crippen molar-refractivity contribution in [3.63, 3.8) is 0 Å². The minimum atomic E-state index is -4.98. The summed E-state index contributed by atoms with van der Waals surface area (Å²) in [5.74, 6) is -0.765. The zero-order chi connectivity index (χ0) is 11.8. The minimum Gasteiger partial charge on any atom is -0.505 e. The van der Waals surface area contributed by atoms with Gasteiger partial charge < -0.3 is 5.11 Å². The SMILES string of the molecule is Oc1cnc(C(F)(F)F)c(C(F)F)c1Br. The van der Waals surface area contributed by atoms with Crippen LogP contribution in [-0.2, 0) is 6.18 Å². The van der Waals surface area contributed by atoms with Gasteiger partial charge in [-0.3, -0.25) is 0 Å². The zero-order valence-electron chi connectivity index (χ0n) is 6.82. The van der Waals surface area contributed by atoms with Crippen LogP contribution < -0.4 is 0 Å². The molecule has 0 unspecified atom stereocenters. The van der Waals surface area contributed by atoms with E-state index < -0.39 is 34.1 Å². The van der Waals surface area contributed by atoms with E-state index in [-0.39, 0.29) is 0 Å². The van der Waals surface area contributed by atoms with Gasteiger partial charge in [0.05, 0.1) is 16.2 Å². The first kappa shape index (κ1) is 12.2. The van der Waals surface area contributed by atoms with Crippen molar-refractivity contribution in [3.8, 4) is 5.75 Å². The fraction of sp³-hybridized carbons (Fsp3) is 0.286. The molecule has 8 heteroatoms. The minimum absolute atomic E-state index is 0.457. The molecule has 15 heavy (non-hydrogen) atoms. The Morgan fingerprint density at radius 1 is 1.33 bits per heavy atom. The summed E-state index contributed by atoms with van der Waals surface area (Å²) in [6.07, 6.45) is -7.91. The summed E-state index contributed by atoms with van der Waals surface area (Å²) in [6, 6.07) is 0. The van der Waals surface area contributed by atoms with Crippen LogP contribution in [0.5, 0.6) is 5.75 Å². The molecule has 0 aliphatic carbocycles. The Balaban J connectivity index is 3.47. The Hall–Kier alpha value is -0.920. The number of pyridine rings is 1. The first-order chi connectivity index (χ1) is 6.75. The lowest BCUT2D eigenvalue weighted by atomic mass is 10.2. The Morgan fingerprint density at radius 2 is 1.87 bits per heavy atom. The van der Waals surface area contributed by atoms with E-state index in [1.807, 2.05) is 0 Å². The van der Waals surface area contributed by atoms with Crippen LogP contribution in [0.25, 0.3) is 0 Å². The number of hydrogen-bond acceptors (Lipinski definition) is 2. The van der Waals surface area contributed by atoms with E-state index in [4.69, 9.17) is 5.11 Å². The van der Waals surface area contributed by atoms with Gasteiger partial charge in [0.1, 0.15) is 5.75 Å². The Morgan fingerprint density at radius 3 is 2.27 bits per heavy atom. The van der Waals surface area contributed by atoms with Crippen molar-refractivity contribution in [2.45, 2.75) is 12.6 Å². The number of halogens is 6. The number of aromatic nitrogens is 1. The number of rotatable bonds is 1. The van der Waals surface area contributed by atoms with Crippen molar-refractivity contribution in [3.05, 3.63) is 21.9 Å². The second-order valence-electron chi connectivity index (χ2n) is 2.52. The van der Waals surface area contributed by atoms with Gasteiger partial charge in [0.15, 0.2) is 5.69 Å². The molecule has 0 fully saturated rings. The van der Waals surface area contributed by atoms with Gasteiger partial charge in [0.25, 0.3) is 6.43 Å². The molecule has 84 valence electrons. The van der Waals surface area contributed by atoms with Gasteiger partial charge in [0, 0.05) is 0 Å². The second-order valence-corrected chi connectivity index (χ2v) is 3.31. The fourth-order valence-electron chi connectivity index (χ4n) is 0.919. The molecule has 1 rings (SSSR count). The standard InChI is InChI=1S/C7H3BrF5NO/c8-4-2(15)1-14-5(7(11,12)13)3(4)6(9)10/h1,6,15H. The average molecular weight is 292 g/mol. The monoisotopic (exact) mass is 291 g/mol. The number of nitrogens with zero attached hydrogens (tertiary/aromatic N) is 1. The highest BCUT2D eigenvalue weighted by molar-refractivity contribution is 9.10. The predicted octanol–water partition coefficient (Wildman–Crippen LogP) is 3.51. The Labute approximate surface area is 88.9 Å². The number of hydrogen-bond donors (Lipinski definition) is 1. The van der Waals surface area contributed by atoms with E-state index in [9.17, 15) is 22.0 Å². The molecule has 1 heterocycles. The third-order valence-electron chi connectivity index (χ3n) is 1.52. The third-order valence-corrected chi connectivity index (χ3v) is 2.35. The lowest BCUT2D eigenvalue weighted by molar-refractivity contribution is -0.143. The quantitative estimate of drug-likeness (QED) is 0.803. The van der Waals surface area contributed by atoms with Crippen molar-refractivity contribution >= 4 is 15.9 Å². The molecule has 0 saturated heterocycles. The first-order valence-electron chi connectivity index (χ1n) is 3.48. The van der Waals surface area contributed by atoms with E-state index >= 15 is 0 Å². The van der Waals surface area contributed by atoms with Crippen molar-refractivity contribution in [1.82, 2.24) is 4.98 Å². The normalized spacial score (nSPS) is 12.2. The van der Waals surface area contributed by atoms with E-state index in [2.05, 4.69) is 20.9 Å². The van der Waals surface area contributed by atoms with Crippen LogP contribution in [0.1, 0.15) is 17.7 Å². The highest BCUT2D eigenvalue weighted by Gasteiger charge is 2.39. The summed E-state index contributed by atoms with van der Waals surface area (Å²) in [6.45, 7) is 0. The summed E-state index contributed by atoms with van der Waals surface area (Å²) in [5, 5.41) is 8.93. The van der Waals surface area contributed by atoms with Crippen LogP contribution >= 0.6 is 15.9 Å². The van der Waals surface area contributed by atoms with Crippen LogP contribution in [0, 0.1) is 0 Å². The molecule has 1 N–H and O–H groups in total. The van der Waals surface area contributed by atoms with Gasteiger partial charge in [-0.1, -0.05) is 0 Å². The summed E-state index contributed by atoms with van der Waals surface area (Å²) in [5.41, 5.74) is -3.07. The zero-order valence-corrected chi connectivity index (χ0v) is 8.40. The maximum Gasteiger partial charge on any atom is 0.433 e. The van der Waals surface area contributed by atoms with Gasteiger partial charge >= 0.3 is 6.18 Å². The second kappa shape index (κ2) is 3.92. The van der Waals surface area contributed by atoms with Gasteiger partial charge in [-0.05, 0) is 15.9 Å². The molecule has 0 aromatic carbocycles. The van der Waals surface area contributed by atoms with Crippen LogP contribution in [0.4, 0.5) is 22.0 Å². The molecule has 0 radical (unpaired) electrons. The molecule has 1 aromatic heterocycles. The average Bonchev–Trinajstić information content (AvgIpc) is 2.06. The molecule has 2 nitrogen and oxygen atoms in total. The molecule has 0 spiro atoms. The molecule has 0 atom stereocenters. The molecule has 1 aromatic rings. The molecular formula is C7H3BrF5NO. The lowest BCUT2D eigenvalue weighted by Crippen LogP contribution is -2.12. The summed E-state index contributed by atoms with van der Waals surface area (Å²) in [7, 11) is 0. The van der Waals surface area contributed by atoms with Crippen molar-refractivity contribution in [2.24, 2.45) is 0 Å². The number of aromatic hydroxyl groups is 1. The van der Waals surface area contributed by atoms with E-state index in [1.54, 1.807) is 0 Å². The maximum absolute atomic E-state index is 12.3. The highest BCUT2D eigenvalue weighted by Crippen LogP contribution is 2.41. The molecule has 0 bridgehead atoms. The topological polar surface area (TPSA) is 33.1 Å². The van der Waals surface area contributed by atoms with Crippen LogP contribution in [0.3, 0.4) is 0 Å². The number of alkyl halides is 5. The smallest absolute Gasteiger partial charge is 0.433 e. The van der Waals surface area contributed by atoms with E-state index in [0.29, 0.717) is 6.20 Å². The van der Waals surface area contributed by atoms with Gasteiger partial charge in [-0.25, -0.2) is 13.8 Å². The summed E-state index contributed by atoms with van der Waals surface area (Å²) in [4.78, 5) is 2.75. The predicted molar refractivity (Wildman–Crippen MR) is 43.6 cm³/mol. The van der Waals surface area contributed by atoms with Crippen LogP contribution in [0.2, 0.25) is 0 Å². The molecule has 0 saturated carbocycles. The molecular weight excluding hydrogens is 289 g/mol. The first-order valence-corrected chi connectivity index (χ1v) is 4.27. The van der Waals surface area contributed by atoms with Crippen LogP contribution in [0.15, 0.2) is 10.7 Å². The lowest BCUT2D eigenvalue weighted by Gasteiger charge is -2.13. The van der Waals surface area contributed by atoms with Crippen LogP contribution in [-0.4, -0.2) is 10.1 Å². The van der Waals surface area contributed by atoms with E-state index in [1.165, 1.54) is 0 Å². The highest BCUT2D eigenvalue weighted by atomic mass is 79.9. The molecule has 0 amide bonds. The van der Waals surface area contributed by atoms with Gasteiger partial charge in [-0.15, -0.1) is 0 Å². The molecule has 0 aliphatic rings. The Kier molecular flexibility index (Phi) is 3.17. The molecule has 0 aliphatic heterocycles. The van der Waals surface area contributed by atoms with Gasteiger partial charge in [-0.2, -0.15) is 13.2 Å². The Bertz CT molecular complexity index is 378. The summed E-state index contributed by atoms with van der Waals surface area (Å²) >= 11 is 2.45. The third kappa shape index (κ3) is 2.36. The van der Waals surface area contributed by atoms with Gasteiger partial charge in [0.2, 0.25) is 0 Å². The maximum atomic E-state index is 12.3. The fourth-order valence-corrected chi connectivity index (χ4v) is 1.38.